The van der Waals surface area contributed by atoms with Crippen molar-refractivity contribution >= 4 is 11.7 Å². The summed E-state index contributed by atoms with van der Waals surface area (Å²) in [6.45, 7) is 9.22. The number of methoxy groups -OCH3 is 2. The summed E-state index contributed by atoms with van der Waals surface area (Å²) in [5.74, 6) is 1.19. The van der Waals surface area contributed by atoms with Gasteiger partial charge in [0.1, 0.15) is 5.82 Å². The molecule has 1 amide bonds. The zero-order valence-electron chi connectivity index (χ0n) is 27.0. The number of nitrogens with zero attached hydrogens (tertiary/aromatic N) is 4. The molecule has 2 aromatic rings. The zero-order chi connectivity index (χ0) is 30.8. The first-order valence-electron chi connectivity index (χ1n) is 16.5. The van der Waals surface area contributed by atoms with Crippen LogP contribution in [0.3, 0.4) is 0 Å². The van der Waals surface area contributed by atoms with Crippen LogP contribution in [0.5, 0.6) is 0 Å². The molecule has 1 saturated carbocycles. The van der Waals surface area contributed by atoms with Crippen molar-refractivity contribution in [1.82, 2.24) is 14.8 Å². The molecule has 2 aliphatic heterocycles. The molecule has 9 heteroatoms. The van der Waals surface area contributed by atoms with Gasteiger partial charge in [-0.25, -0.2) is 4.98 Å². The fourth-order valence-corrected chi connectivity index (χ4v) is 6.97. The van der Waals surface area contributed by atoms with E-state index in [0.717, 1.165) is 77.3 Å². The number of likely N-dealkylation sites (tertiary alicyclic amines) is 1. The van der Waals surface area contributed by atoms with Crippen molar-refractivity contribution in [2.75, 3.05) is 71.7 Å². The maximum atomic E-state index is 13.1. The van der Waals surface area contributed by atoms with Crippen LogP contribution in [0.4, 0.5) is 5.82 Å². The molecule has 0 atom stereocenters. The van der Waals surface area contributed by atoms with Gasteiger partial charge in [-0.3, -0.25) is 9.69 Å². The van der Waals surface area contributed by atoms with Gasteiger partial charge in [0.15, 0.2) is 6.29 Å². The summed E-state index contributed by atoms with van der Waals surface area (Å²) in [5.41, 5.74) is 3.77. The summed E-state index contributed by atoms with van der Waals surface area (Å²) in [7, 11) is 3.24. The van der Waals surface area contributed by atoms with Gasteiger partial charge in [-0.1, -0.05) is 37.1 Å². The molecular weight excluding hydrogens is 556 g/mol. The molecule has 0 unspecified atom stereocenters. The summed E-state index contributed by atoms with van der Waals surface area (Å²) in [5, 5.41) is 0. The Morgan fingerprint density at radius 2 is 1.84 bits per heavy atom. The van der Waals surface area contributed by atoms with Crippen LogP contribution in [0.15, 0.2) is 42.6 Å². The highest BCUT2D eigenvalue weighted by Crippen LogP contribution is 2.32. The lowest BCUT2D eigenvalue weighted by atomic mass is 9.89. The summed E-state index contributed by atoms with van der Waals surface area (Å²) in [4.78, 5) is 24.6. The lowest BCUT2D eigenvalue weighted by molar-refractivity contribution is -0.150. The first kappa shape index (κ1) is 32.8. The van der Waals surface area contributed by atoms with E-state index in [1.165, 1.54) is 29.5 Å². The largest absolute Gasteiger partial charge is 0.381 e. The van der Waals surface area contributed by atoms with Crippen LogP contribution in [0.2, 0.25) is 0 Å². The van der Waals surface area contributed by atoms with Crippen molar-refractivity contribution in [1.29, 1.82) is 0 Å². The third kappa shape index (κ3) is 9.01. The Labute approximate surface area is 263 Å². The maximum Gasteiger partial charge on any atom is 0.225 e. The van der Waals surface area contributed by atoms with E-state index in [4.69, 9.17) is 18.9 Å². The Bertz CT molecular complexity index is 1180. The standard InChI is InChI=1S/C35H52N4O5/c1-28-11-16-36-32(23-28)38-19-22-44-35(27-38)14-17-37(18-15-35)25-30-8-6-7-29(24-30)12-20-43-21-13-33(40)39(26-34(41-2)42-3)31-9-4-5-10-31/h6-8,11,16,23-24,31,34H,4-5,9-10,12-15,17-22,25-27H2,1-3H3. The van der Waals surface area contributed by atoms with Gasteiger partial charge in [-0.2, -0.15) is 0 Å². The number of amides is 1. The molecule has 0 bridgehead atoms. The van der Waals surface area contributed by atoms with Gasteiger partial charge in [-0.05, 0) is 67.9 Å². The third-order valence-corrected chi connectivity index (χ3v) is 9.59. The Balaban J connectivity index is 1.03. The van der Waals surface area contributed by atoms with Crippen LogP contribution in [-0.4, -0.2) is 105 Å². The minimum Gasteiger partial charge on any atom is -0.381 e. The number of benzene rings is 1. The smallest absolute Gasteiger partial charge is 0.225 e. The van der Waals surface area contributed by atoms with Crippen molar-refractivity contribution in [3.63, 3.8) is 0 Å². The highest BCUT2D eigenvalue weighted by molar-refractivity contribution is 5.76. The van der Waals surface area contributed by atoms with E-state index in [-0.39, 0.29) is 17.6 Å². The average Bonchev–Trinajstić information content (AvgIpc) is 3.58. The van der Waals surface area contributed by atoms with Crippen molar-refractivity contribution < 1.29 is 23.7 Å². The predicted octanol–water partition coefficient (Wildman–Crippen LogP) is 4.60. The van der Waals surface area contributed by atoms with Crippen LogP contribution in [0.1, 0.15) is 61.6 Å². The van der Waals surface area contributed by atoms with Crippen LogP contribution in [0, 0.1) is 6.92 Å². The van der Waals surface area contributed by atoms with E-state index < -0.39 is 6.29 Å². The van der Waals surface area contributed by atoms with E-state index in [9.17, 15) is 4.79 Å². The van der Waals surface area contributed by atoms with E-state index in [1.54, 1.807) is 14.2 Å². The third-order valence-electron chi connectivity index (χ3n) is 9.59. The number of carbonyl (C=O) groups is 1. The number of aromatic nitrogens is 1. The van der Waals surface area contributed by atoms with Crippen LogP contribution in [0.25, 0.3) is 0 Å². The number of carbonyl (C=O) groups excluding carboxylic acids is 1. The predicted molar refractivity (Wildman–Crippen MR) is 172 cm³/mol. The van der Waals surface area contributed by atoms with Gasteiger partial charge in [0, 0.05) is 59.2 Å². The molecule has 9 nitrogen and oxygen atoms in total. The SMILES string of the molecule is COC(CN(C(=O)CCOCCc1cccc(CN2CCC3(CC2)CN(c2cc(C)ccn2)CCO3)c1)C1CCCC1)OC. The second-order valence-electron chi connectivity index (χ2n) is 12.7. The minimum absolute atomic E-state index is 0.0792. The molecule has 0 N–H and O–H groups in total. The molecule has 1 aliphatic carbocycles. The molecule has 3 aliphatic rings. The monoisotopic (exact) mass is 608 g/mol. The molecule has 242 valence electrons. The second kappa shape index (κ2) is 16.1. The van der Waals surface area contributed by atoms with Crippen molar-refractivity contribution in [3.8, 4) is 0 Å². The summed E-state index contributed by atoms with van der Waals surface area (Å²) >= 11 is 0. The topological polar surface area (TPSA) is 76.6 Å². The van der Waals surface area contributed by atoms with Gasteiger partial charge in [0.25, 0.3) is 0 Å². The maximum absolute atomic E-state index is 13.1. The van der Waals surface area contributed by atoms with Gasteiger partial charge in [-0.15, -0.1) is 0 Å². The molecular formula is C35H52N4O5. The zero-order valence-corrected chi connectivity index (χ0v) is 27.0. The molecule has 1 spiro atoms. The van der Waals surface area contributed by atoms with Crippen molar-refractivity contribution in [2.45, 2.75) is 82.8 Å². The van der Waals surface area contributed by atoms with Crippen LogP contribution in [-0.2, 0) is 36.7 Å². The first-order valence-corrected chi connectivity index (χ1v) is 16.5. The number of hydrogen-bond donors (Lipinski definition) is 0. The summed E-state index contributed by atoms with van der Waals surface area (Å²) < 4.78 is 23.1. The highest BCUT2D eigenvalue weighted by Gasteiger charge is 2.40. The normalized spacial score (nSPS) is 19.2. The van der Waals surface area contributed by atoms with Gasteiger partial charge >= 0.3 is 0 Å². The Morgan fingerprint density at radius 1 is 1.07 bits per heavy atom. The van der Waals surface area contributed by atoms with E-state index >= 15 is 0 Å². The number of pyridine rings is 1. The lowest BCUT2D eigenvalue weighted by Gasteiger charge is -2.47. The number of anilines is 1. The van der Waals surface area contributed by atoms with Gasteiger partial charge in [0.2, 0.25) is 5.91 Å². The van der Waals surface area contributed by atoms with E-state index in [2.05, 4.69) is 58.1 Å². The summed E-state index contributed by atoms with van der Waals surface area (Å²) in [6, 6.07) is 13.4. The number of hydrogen-bond acceptors (Lipinski definition) is 8. The Hall–Kier alpha value is -2.56. The van der Waals surface area contributed by atoms with Crippen LogP contribution >= 0.6 is 0 Å². The van der Waals surface area contributed by atoms with Gasteiger partial charge < -0.3 is 28.7 Å². The van der Waals surface area contributed by atoms with E-state index in [1.807, 2.05) is 11.1 Å². The van der Waals surface area contributed by atoms with Crippen molar-refractivity contribution in [2.24, 2.45) is 0 Å². The molecule has 1 aromatic heterocycles. The fraction of sp³-hybridized carbons (Fsp3) is 0.657. The lowest BCUT2D eigenvalue weighted by Crippen LogP contribution is -2.57. The van der Waals surface area contributed by atoms with Gasteiger partial charge in [0.05, 0.1) is 38.4 Å². The highest BCUT2D eigenvalue weighted by atomic mass is 16.7. The molecule has 5 rings (SSSR count). The van der Waals surface area contributed by atoms with Crippen LogP contribution < -0.4 is 4.90 Å². The molecule has 0 radical (unpaired) electrons. The Morgan fingerprint density at radius 3 is 2.59 bits per heavy atom. The number of piperidine rings is 1. The quantitative estimate of drug-likeness (QED) is 0.228. The number of morpholine rings is 1. The van der Waals surface area contributed by atoms with Crippen molar-refractivity contribution in [3.05, 3.63) is 59.3 Å². The minimum atomic E-state index is -0.397. The van der Waals surface area contributed by atoms with E-state index in [0.29, 0.717) is 26.2 Å². The molecule has 44 heavy (non-hydrogen) atoms. The fourth-order valence-electron chi connectivity index (χ4n) is 6.97. The second-order valence-corrected chi connectivity index (χ2v) is 12.7. The molecule has 3 heterocycles. The molecule has 1 aromatic carbocycles. The number of ether oxygens (including phenoxy) is 4. The average molecular weight is 609 g/mol. The Kier molecular flexibility index (Phi) is 12.0. The first-order chi connectivity index (χ1) is 21.5. The number of rotatable bonds is 14. The molecule has 3 fully saturated rings. The molecule has 2 saturated heterocycles. The summed E-state index contributed by atoms with van der Waals surface area (Å²) in [6.07, 6.45) is 9.27. The number of aryl methyl sites for hydroxylation is 1.